The largest absolute Gasteiger partial charge is 0.481 e. The molecule has 4 rings (SSSR count). The van der Waals surface area contributed by atoms with Crippen LogP contribution in [-0.4, -0.2) is 16.1 Å². The van der Waals surface area contributed by atoms with E-state index in [0.29, 0.717) is 5.02 Å². The van der Waals surface area contributed by atoms with Gasteiger partial charge in [0.1, 0.15) is 5.01 Å². The van der Waals surface area contributed by atoms with Gasteiger partial charge in [-0.15, -0.1) is 11.3 Å². The Labute approximate surface area is 154 Å². The first kappa shape index (κ1) is 16.3. The summed E-state index contributed by atoms with van der Waals surface area (Å²) in [6.07, 6.45) is 2.09. The number of aromatic nitrogens is 1. The van der Waals surface area contributed by atoms with Crippen LogP contribution in [0.1, 0.15) is 28.3 Å². The minimum atomic E-state index is -0.838. The Hall–Kier alpha value is -2.17. The Bertz CT molecular complexity index is 915. The molecule has 3 nitrogen and oxygen atoms in total. The van der Waals surface area contributed by atoms with Crippen LogP contribution < -0.4 is 0 Å². The second-order valence-electron chi connectivity index (χ2n) is 6.32. The summed E-state index contributed by atoms with van der Waals surface area (Å²) in [7, 11) is 0. The molecule has 0 radical (unpaired) electrons. The molecule has 0 atom stereocenters. The summed E-state index contributed by atoms with van der Waals surface area (Å²) in [4.78, 5) is 17.0. The highest BCUT2D eigenvalue weighted by atomic mass is 35.5. The van der Waals surface area contributed by atoms with Crippen LogP contribution in [0.2, 0.25) is 5.02 Å². The number of aliphatic carboxylic acids is 1. The van der Waals surface area contributed by atoms with Gasteiger partial charge in [-0.3, -0.25) is 4.79 Å². The van der Waals surface area contributed by atoms with Gasteiger partial charge in [-0.1, -0.05) is 54.1 Å². The van der Waals surface area contributed by atoms with Crippen LogP contribution in [0.3, 0.4) is 0 Å². The van der Waals surface area contributed by atoms with Crippen molar-refractivity contribution in [3.63, 3.8) is 0 Å². The van der Waals surface area contributed by atoms with Gasteiger partial charge in [-0.05, 0) is 30.5 Å². The highest BCUT2D eigenvalue weighted by molar-refractivity contribution is 7.12. The fourth-order valence-corrected chi connectivity index (χ4v) is 4.62. The van der Waals surface area contributed by atoms with E-state index in [2.05, 4.69) is 12.1 Å². The number of hydrogen-bond donors (Lipinski definition) is 1. The minimum Gasteiger partial charge on any atom is -0.481 e. The Kier molecular flexibility index (Phi) is 4.10. The molecule has 1 aromatic heterocycles. The molecule has 1 fully saturated rings. The van der Waals surface area contributed by atoms with E-state index in [-0.39, 0.29) is 11.8 Å². The standard InChI is InChI=1S/C20H16ClNO2S/c21-15-8-6-13(7-9-15)18-16(12-17(23)24)25-19(22-18)20(10-11-20)14-4-2-1-3-5-14/h1-9H,10-12H2,(H,23,24). The molecule has 1 heterocycles. The van der Waals surface area contributed by atoms with E-state index >= 15 is 0 Å². The third-order valence-corrected chi connectivity index (χ3v) is 6.12. The average Bonchev–Trinajstić information content (AvgIpc) is 3.32. The van der Waals surface area contributed by atoms with Gasteiger partial charge in [0.25, 0.3) is 0 Å². The van der Waals surface area contributed by atoms with E-state index in [1.165, 1.54) is 16.9 Å². The minimum absolute atomic E-state index is 0.0134. The zero-order valence-electron chi connectivity index (χ0n) is 13.4. The molecule has 0 saturated heterocycles. The SMILES string of the molecule is O=C(O)Cc1sc(C2(c3ccccc3)CC2)nc1-c1ccc(Cl)cc1. The zero-order valence-corrected chi connectivity index (χ0v) is 15.0. The van der Waals surface area contributed by atoms with Crippen molar-refractivity contribution in [3.8, 4) is 11.3 Å². The predicted molar refractivity (Wildman–Crippen MR) is 100 cm³/mol. The number of carboxylic acids is 1. The molecule has 0 spiro atoms. The molecule has 1 aliphatic rings. The maximum atomic E-state index is 11.3. The first-order valence-corrected chi connectivity index (χ1v) is 9.31. The zero-order chi connectivity index (χ0) is 17.4. The quantitative estimate of drug-likeness (QED) is 0.674. The monoisotopic (exact) mass is 369 g/mol. The van der Waals surface area contributed by atoms with Gasteiger partial charge in [0.2, 0.25) is 0 Å². The van der Waals surface area contributed by atoms with Crippen LogP contribution in [0.4, 0.5) is 0 Å². The lowest BCUT2D eigenvalue weighted by molar-refractivity contribution is -0.136. The van der Waals surface area contributed by atoms with Crippen LogP contribution in [0.15, 0.2) is 54.6 Å². The van der Waals surface area contributed by atoms with E-state index in [0.717, 1.165) is 34.0 Å². The maximum absolute atomic E-state index is 11.3. The lowest BCUT2D eigenvalue weighted by atomic mass is 9.97. The normalized spacial score (nSPS) is 15.1. The highest BCUT2D eigenvalue weighted by Gasteiger charge is 2.48. The number of nitrogens with zero attached hydrogens (tertiary/aromatic N) is 1. The summed E-state index contributed by atoms with van der Waals surface area (Å²) in [5, 5.41) is 11.0. The molecule has 126 valence electrons. The van der Waals surface area contributed by atoms with Crippen molar-refractivity contribution in [2.75, 3.05) is 0 Å². The molecule has 0 aliphatic heterocycles. The van der Waals surface area contributed by atoms with Gasteiger partial charge in [0.05, 0.1) is 12.1 Å². The summed E-state index contributed by atoms with van der Waals surface area (Å²) in [5.74, 6) is -0.838. The summed E-state index contributed by atoms with van der Waals surface area (Å²) in [6, 6.07) is 17.8. The van der Waals surface area contributed by atoms with E-state index in [9.17, 15) is 9.90 Å². The van der Waals surface area contributed by atoms with Crippen molar-refractivity contribution in [1.29, 1.82) is 0 Å². The number of carboxylic acid groups (broad SMARTS) is 1. The van der Waals surface area contributed by atoms with Crippen molar-refractivity contribution in [2.45, 2.75) is 24.7 Å². The third-order valence-electron chi connectivity index (χ3n) is 4.61. The summed E-state index contributed by atoms with van der Waals surface area (Å²) in [6.45, 7) is 0. The second-order valence-corrected chi connectivity index (χ2v) is 7.84. The van der Waals surface area contributed by atoms with E-state index in [1.54, 1.807) is 0 Å². The van der Waals surface area contributed by atoms with Crippen molar-refractivity contribution < 1.29 is 9.90 Å². The first-order valence-electron chi connectivity index (χ1n) is 8.12. The molecule has 0 bridgehead atoms. The molecule has 5 heteroatoms. The van der Waals surface area contributed by atoms with Crippen LogP contribution in [0, 0.1) is 0 Å². The smallest absolute Gasteiger partial charge is 0.308 e. The molecular weight excluding hydrogens is 354 g/mol. The maximum Gasteiger partial charge on any atom is 0.308 e. The van der Waals surface area contributed by atoms with E-state index in [1.807, 2.05) is 42.5 Å². The lowest BCUT2D eigenvalue weighted by Crippen LogP contribution is -2.07. The Morgan fingerprint density at radius 2 is 1.80 bits per heavy atom. The Morgan fingerprint density at radius 3 is 2.40 bits per heavy atom. The fourth-order valence-electron chi connectivity index (χ4n) is 3.16. The van der Waals surface area contributed by atoms with Crippen LogP contribution in [0.25, 0.3) is 11.3 Å². The average molecular weight is 370 g/mol. The number of benzene rings is 2. The van der Waals surface area contributed by atoms with Gasteiger partial charge in [-0.2, -0.15) is 0 Å². The number of carbonyl (C=O) groups is 1. The molecule has 1 aliphatic carbocycles. The van der Waals surface area contributed by atoms with Gasteiger partial charge in [0.15, 0.2) is 0 Å². The van der Waals surface area contributed by atoms with Crippen molar-refractivity contribution in [1.82, 2.24) is 4.98 Å². The molecule has 1 saturated carbocycles. The molecule has 1 N–H and O–H groups in total. The van der Waals surface area contributed by atoms with Crippen molar-refractivity contribution in [2.24, 2.45) is 0 Å². The van der Waals surface area contributed by atoms with E-state index < -0.39 is 5.97 Å². The first-order chi connectivity index (χ1) is 12.1. The van der Waals surface area contributed by atoms with Gasteiger partial charge in [-0.25, -0.2) is 4.98 Å². The van der Waals surface area contributed by atoms with Gasteiger partial charge < -0.3 is 5.11 Å². The number of rotatable bonds is 5. The third kappa shape index (κ3) is 3.08. The summed E-state index contributed by atoms with van der Waals surface area (Å²) < 4.78 is 0. The number of halogens is 1. The molecular formula is C20H16ClNO2S. The van der Waals surface area contributed by atoms with Gasteiger partial charge in [0, 0.05) is 20.9 Å². The molecule has 0 amide bonds. The van der Waals surface area contributed by atoms with Crippen molar-refractivity contribution >= 4 is 28.9 Å². The molecule has 0 unspecified atom stereocenters. The Morgan fingerprint density at radius 1 is 1.12 bits per heavy atom. The van der Waals surface area contributed by atoms with Crippen LogP contribution >= 0.6 is 22.9 Å². The predicted octanol–water partition coefficient (Wildman–Crippen LogP) is 5.17. The fraction of sp³-hybridized carbons (Fsp3) is 0.200. The molecule has 25 heavy (non-hydrogen) atoms. The highest BCUT2D eigenvalue weighted by Crippen LogP contribution is 2.55. The van der Waals surface area contributed by atoms with E-state index in [4.69, 9.17) is 16.6 Å². The Balaban J connectivity index is 1.80. The molecule has 3 aromatic rings. The topological polar surface area (TPSA) is 50.2 Å². The summed E-state index contributed by atoms with van der Waals surface area (Å²) in [5.41, 5.74) is 2.88. The lowest BCUT2D eigenvalue weighted by Gasteiger charge is -2.12. The van der Waals surface area contributed by atoms with Crippen LogP contribution in [-0.2, 0) is 16.6 Å². The summed E-state index contributed by atoms with van der Waals surface area (Å²) >= 11 is 7.51. The second kappa shape index (κ2) is 6.28. The van der Waals surface area contributed by atoms with Gasteiger partial charge >= 0.3 is 5.97 Å². The van der Waals surface area contributed by atoms with Crippen LogP contribution in [0.5, 0.6) is 0 Å². The van der Waals surface area contributed by atoms with Crippen molar-refractivity contribution in [3.05, 3.63) is 75.1 Å². The molecule has 2 aromatic carbocycles. The number of thiazole rings is 1. The number of hydrogen-bond acceptors (Lipinski definition) is 3.